The molecule has 36 heavy (non-hydrogen) atoms. The van der Waals surface area contributed by atoms with Crippen LogP contribution in [0.3, 0.4) is 0 Å². The number of aryl methyl sites for hydroxylation is 1. The number of nitrogens with zero attached hydrogens (tertiary/aromatic N) is 1. The molecule has 3 unspecified atom stereocenters. The van der Waals surface area contributed by atoms with Crippen LogP contribution in [-0.2, 0) is 12.8 Å². The monoisotopic (exact) mass is 513 g/mol. The lowest BCUT2D eigenvalue weighted by atomic mass is 9.94. The molecule has 0 aromatic heterocycles. The second kappa shape index (κ2) is 12.5. The summed E-state index contributed by atoms with van der Waals surface area (Å²) >= 11 is 0. The van der Waals surface area contributed by atoms with Crippen molar-refractivity contribution in [2.24, 2.45) is 11.8 Å². The molecule has 1 saturated carbocycles. The average Bonchev–Trinajstić information content (AvgIpc) is 3.31. The molecule has 2 aromatic rings. The van der Waals surface area contributed by atoms with Crippen molar-refractivity contribution in [2.45, 2.75) is 83.1 Å². The van der Waals surface area contributed by atoms with Gasteiger partial charge in [-0.15, -0.1) is 0 Å². The number of hydrogen-bond donors (Lipinski definition) is 0. The summed E-state index contributed by atoms with van der Waals surface area (Å²) in [6, 6.07) is 18.0. The van der Waals surface area contributed by atoms with Crippen molar-refractivity contribution < 1.29 is 26.3 Å². The zero-order chi connectivity index (χ0) is 26.3. The zero-order valence-electron chi connectivity index (χ0n) is 21.1. The molecule has 0 aliphatic heterocycles. The van der Waals surface area contributed by atoms with Crippen LogP contribution < -0.4 is 0 Å². The van der Waals surface area contributed by atoms with Crippen LogP contribution in [0.1, 0.15) is 68.6 Å². The Morgan fingerprint density at radius 1 is 0.750 bits per heavy atom. The van der Waals surface area contributed by atoms with Crippen molar-refractivity contribution in [2.75, 3.05) is 13.1 Å². The van der Waals surface area contributed by atoms with Gasteiger partial charge in [-0.25, -0.2) is 0 Å². The van der Waals surface area contributed by atoms with Crippen LogP contribution in [-0.4, -0.2) is 36.4 Å². The highest BCUT2D eigenvalue weighted by molar-refractivity contribution is 5.27. The van der Waals surface area contributed by atoms with Gasteiger partial charge in [-0.3, -0.25) is 0 Å². The summed E-state index contributed by atoms with van der Waals surface area (Å²) in [6.07, 6.45) is -5.82. The van der Waals surface area contributed by atoms with Gasteiger partial charge in [0, 0.05) is 12.6 Å². The molecular weight excluding hydrogens is 476 g/mol. The van der Waals surface area contributed by atoms with E-state index in [-0.39, 0.29) is 0 Å². The molecule has 0 amide bonds. The van der Waals surface area contributed by atoms with Gasteiger partial charge in [0.25, 0.3) is 0 Å². The van der Waals surface area contributed by atoms with E-state index in [0.29, 0.717) is 11.6 Å². The Morgan fingerprint density at radius 3 is 1.81 bits per heavy atom. The minimum atomic E-state index is -4.84. The first kappa shape index (κ1) is 28.5. The first-order valence-corrected chi connectivity index (χ1v) is 13.0. The molecular formula is C29H37F6N. The summed E-state index contributed by atoms with van der Waals surface area (Å²) in [4.78, 5) is 2.54. The van der Waals surface area contributed by atoms with Crippen molar-refractivity contribution in [3.63, 3.8) is 0 Å². The molecule has 0 radical (unpaired) electrons. The third-order valence-corrected chi connectivity index (χ3v) is 7.65. The fourth-order valence-corrected chi connectivity index (χ4v) is 5.65. The van der Waals surface area contributed by atoms with Gasteiger partial charge in [-0.1, -0.05) is 68.4 Å². The van der Waals surface area contributed by atoms with Crippen molar-refractivity contribution in [3.8, 4) is 0 Å². The highest BCUT2D eigenvalue weighted by Gasteiger charge is 2.59. The fourth-order valence-electron chi connectivity index (χ4n) is 5.65. The summed E-state index contributed by atoms with van der Waals surface area (Å²) in [5.74, 6) is -5.38. The maximum absolute atomic E-state index is 13.3. The number of hydrogen-bond acceptors (Lipinski definition) is 1. The molecule has 1 nitrogen and oxygen atoms in total. The number of benzene rings is 2. The standard InChI is InChI=1S/C29H37F6N/c1-3-17-36(18-16-21-8-6-5-7-9-21)25(4-2)15-12-22-10-13-23(14-11-22)24-19-26(28(30,31)32)27(20-24)29(33,34)35/h5-11,13-14,24-27H,3-4,12,15-20H2,1-2H3. The maximum atomic E-state index is 13.3. The van der Waals surface area contributed by atoms with Gasteiger partial charge >= 0.3 is 12.4 Å². The largest absolute Gasteiger partial charge is 0.392 e. The van der Waals surface area contributed by atoms with Crippen molar-refractivity contribution >= 4 is 0 Å². The third-order valence-electron chi connectivity index (χ3n) is 7.65. The Bertz CT molecular complexity index is 884. The number of alkyl halides is 6. The Labute approximate surface area is 210 Å². The van der Waals surface area contributed by atoms with Crippen molar-refractivity contribution in [1.29, 1.82) is 0 Å². The summed E-state index contributed by atoms with van der Waals surface area (Å²) in [7, 11) is 0. The van der Waals surface area contributed by atoms with E-state index in [9.17, 15) is 26.3 Å². The average molecular weight is 514 g/mol. The van der Waals surface area contributed by atoms with E-state index in [0.717, 1.165) is 50.8 Å². The second-order valence-corrected chi connectivity index (χ2v) is 10.1. The smallest absolute Gasteiger partial charge is 0.300 e. The van der Waals surface area contributed by atoms with E-state index < -0.39 is 42.9 Å². The van der Waals surface area contributed by atoms with Crippen LogP contribution in [0.15, 0.2) is 54.6 Å². The van der Waals surface area contributed by atoms with Gasteiger partial charge in [0.1, 0.15) is 0 Å². The Kier molecular flexibility index (Phi) is 9.90. The van der Waals surface area contributed by atoms with Crippen molar-refractivity contribution in [1.82, 2.24) is 4.90 Å². The highest BCUT2D eigenvalue weighted by Crippen LogP contribution is 2.54. The zero-order valence-corrected chi connectivity index (χ0v) is 21.1. The van der Waals surface area contributed by atoms with Gasteiger partial charge in [0.05, 0.1) is 11.8 Å². The molecule has 0 saturated heterocycles. The van der Waals surface area contributed by atoms with Crippen LogP contribution >= 0.6 is 0 Å². The summed E-state index contributed by atoms with van der Waals surface area (Å²) in [6.45, 7) is 6.37. The Balaban J connectivity index is 1.60. The molecule has 7 heteroatoms. The second-order valence-electron chi connectivity index (χ2n) is 10.1. The molecule has 3 atom stereocenters. The minimum Gasteiger partial charge on any atom is -0.300 e. The van der Waals surface area contributed by atoms with Gasteiger partial charge in [0.2, 0.25) is 0 Å². The predicted molar refractivity (Wildman–Crippen MR) is 132 cm³/mol. The number of rotatable bonds is 11. The first-order valence-electron chi connectivity index (χ1n) is 13.0. The third kappa shape index (κ3) is 7.74. The lowest BCUT2D eigenvalue weighted by Crippen LogP contribution is -2.37. The van der Waals surface area contributed by atoms with Crippen molar-refractivity contribution in [3.05, 3.63) is 71.3 Å². The van der Waals surface area contributed by atoms with E-state index in [1.165, 1.54) is 5.56 Å². The molecule has 0 bridgehead atoms. The maximum Gasteiger partial charge on any atom is 0.392 e. The molecule has 1 aliphatic carbocycles. The Hall–Kier alpha value is -2.02. The SMILES string of the molecule is CCCN(CCc1ccccc1)C(CC)CCc1ccc(C2CC(C(F)(F)F)C(C(F)(F)F)C2)cc1. The molecule has 0 spiro atoms. The molecule has 200 valence electrons. The Morgan fingerprint density at radius 2 is 1.31 bits per heavy atom. The predicted octanol–water partition coefficient (Wildman–Crippen LogP) is 8.59. The highest BCUT2D eigenvalue weighted by atomic mass is 19.4. The van der Waals surface area contributed by atoms with Gasteiger partial charge in [-0.2, -0.15) is 26.3 Å². The molecule has 1 aliphatic rings. The van der Waals surface area contributed by atoms with E-state index in [2.05, 4.69) is 43.0 Å². The molecule has 3 rings (SSSR count). The fraction of sp³-hybridized carbons (Fsp3) is 0.586. The van der Waals surface area contributed by atoms with Crippen LogP contribution in [0.5, 0.6) is 0 Å². The summed E-state index contributed by atoms with van der Waals surface area (Å²) in [5.41, 5.74) is 2.95. The minimum absolute atomic E-state index is 0.420. The van der Waals surface area contributed by atoms with E-state index in [1.54, 1.807) is 12.1 Å². The van der Waals surface area contributed by atoms with Gasteiger partial charge < -0.3 is 4.90 Å². The molecule has 2 aromatic carbocycles. The number of halogens is 6. The molecule has 1 fully saturated rings. The topological polar surface area (TPSA) is 3.24 Å². The van der Waals surface area contributed by atoms with Crippen LogP contribution in [0.4, 0.5) is 26.3 Å². The van der Waals surface area contributed by atoms with E-state index in [4.69, 9.17) is 0 Å². The summed E-state index contributed by atoms with van der Waals surface area (Å²) < 4.78 is 79.6. The normalized spacial score (nSPS) is 21.8. The van der Waals surface area contributed by atoms with Gasteiger partial charge in [-0.05, 0) is 74.1 Å². The molecule has 0 heterocycles. The quantitative estimate of drug-likeness (QED) is 0.272. The first-order chi connectivity index (χ1) is 17.0. The lowest BCUT2D eigenvalue weighted by Gasteiger charge is -2.31. The molecule has 0 N–H and O–H groups in total. The van der Waals surface area contributed by atoms with E-state index >= 15 is 0 Å². The van der Waals surface area contributed by atoms with Gasteiger partial charge in [0.15, 0.2) is 0 Å². The van der Waals surface area contributed by atoms with Crippen LogP contribution in [0, 0.1) is 11.8 Å². The lowest BCUT2D eigenvalue weighted by molar-refractivity contribution is -0.245. The summed E-state index contributed by atoms with van der Waals surface area (Å²) in [5, 5.41) is 0. The van der Waals surface area contributed by atoms with Crippen LogP contribution in [0.25, 0.3) is 0 Å². The van der Waals surface area contributed by atoms with Crippen LogP contribution in [0.2, 0.25) is 0 Å². The van der Waals surface area contributed by atoms with E-state index in [1.807, 2.05) is 18.2 Å².